The summed E-state index contributed by atoms with van der Waals surface area (Å²) in [7, 11) is 0. The number of non-ortho nitro benzene ring substituents is 1. The molecule has 0 aromatic heterocycles. The summed E-state index contributed by atoms with van der Waals surface area (Å²) in [6.07, 6.45) is 0.773. The number of amides is 2. The normalized spacial score (nSPS) is 12.4. The van der Waals surface area contributed by atoms with Crippen molar-refractivity contribution in [2.45, 2.75) is 6.42 Å². The number of nitrogens with one attached hydrogen (secondary N) is 1. The number of fused-ring (bicyclic) bond motifs is 1. The molecule has 150 valence electrons. The highest BCUT2D eigenvalue weighted by Gasteiger charge is 2.27. The maximum absolute atomic E-state index is 13.2. The van der Waals surface area contributed by atoms with E-state index in [0.717, 1.165) is 23.7 Å². The van der Waals surface area contributed by atoms with E-state index < -0.39 is 10.8 Å². The van der Waals surface area contributed by atoms with Crippen molar-refractivity contribution in [3.63, 3.8) is 0 Å². The van der Waals surface area contributed by atoms with Crippen molar-refractivity contribution in [2.75, 3.05) is 16.8 Å². The van der Waals surface area contributed by atoms with Gasteiger partial charge in [-0.15, -0.1) is 0 Å². The van der Waals surface area contributed by atoms with Crippen LogP contribution < -0.4 is 10.2 Å². The van der Waals surface area contributed by atoms with E-state index in [2.05, 4.69) is 5.32 Å². The van der Waals surface area contributed by atoms with Crippen molar-refractivity contribution in [1.82, 2.24) is 0 Å². The number of rotatable bonds is 4. The second-order valence-corrected chi connectivity index (χ2v) is 7.16. The van der Waals surface area contributed by atoms with Crippen LogP contribution in [0.4, 0.5) is 17.1 Å². The summed E-state index contributed by atoms with van der Waals surface area (Å²) in [4.78, 5) is 37.9. The number of halogens is 1. The summed E-state index contributed by atoms with van der Waals surface area (Å²) in [6, 6.07) is 18.0. The van der Waals surface area contributed by atoms with Gasteiger partial charge in [0.2, 0.25) is 0 Å². The summed E-state index contributed by atoms with van der Waals surface area (Å²) in [6.45, 7) is 0.564. The monoisotopic (exact) mass is 421 g/mol. The molecule has 0 saturated carbocycles. The molecule has 0 aliphatic carbocycles. The van der Waals surface area contributed by atoms with Crippen molar-refractivity contribution >= 4 is 40.5 Å². The third-order valence-corrected chi connectivity index (χ3v) is 5.26. The highest BCUT2D eigenvalue weighted by atomic mass is 35.5. The number of hydrogen-bond acceptors (Lipinski definition) is 4. The molecule has 0 bridgehead atoms. The fraction of sp³-hybridized carbons (Fsp3) is 0.0909. The molecular weight excluding hydrogens is 406 g/mol. The fourth-order valence-corrected chi connectivity index (χ4v) is 3.73. The van der Waals surface area contributed by atoms with Gasteiger partial charge in [-0.25, -0.2) is 0 Å². The number of carbonyl (C=O) groups excluding carboxylic acids is 2. The first-order chi connectivity index (χ1) is 14.5. The average molecular weight is 422 g/mol. The molecule has 3 aromatic rings. The number of anilines is 2. The van der Waals surface area contributed by atoms with E-state index in [-0.39, 0.29) is 22.2 Å². The number of nitro benzene ring substituents is 1. The van der Waals surface area contributed by atoms with E-state index >= 15 is 0 Å². The van der Waals surface area contributed by atoms with Crippen molar-refractivity contribution < 1.29 is 14.5 Å². The Morgan fingerprint density at radius 3 is 2.50 bits per heavy atom. The molecule has 2 amide bonds. The number of hydrogen-bond donors (Lipinski definition) is 1. The van der Waals surface area contributed by atoms with Gasteiger partial charge in [0.05, 0.1) is 26.8 Å². The topological polar surface area (TPSA) is 92.6 Å². The number of carbonyl (C=O) groups is 2. The quantitative estimate of drug-likeness (QED) is 0.488. The predicted octanol–water partition coefficient (Wildman–Crippen LogP) is 4.70. The summed E-state index contributed by atoms with van der Waals surface area (Å²) in [5.74, 6) is -0.775. The predicted molar refractivity (Wildman–Crippen MR) is 114 cm³/mol. The lowest BCUT2D eigenvalue weighted by atomic mass is 10.1. The largest absolute Gasteiger partial charge is 0.321 e. The van der Waals surface area contributed by atoms with Gasteiger partial charge < -0.3 is 10.2 Å². The molecule has 30 heavy (non-hydrogen) atoms. The van der Waals surface area contributed by atoms with Crippen molar-refractivity contribution in [1.29, 1.82) is 0 Å². The van der Waals surface area contributed by atoms with E-state index in [1.807, 2.05) is 24.3 Å². The maximum Gasteiger partial charge on any atom is 0.270 e. The Morgan fingerprint density at radius 2 is 1.73 bits per heavy atom. The van der Waals surface area contributed by atoms with Gasteiger partial charge in [0.15, 0.2) is 0 Å². The van der Waals surface area contributed by atoms with Crippen LogP contribution in [0.1, 0.15) is 26.3 Å². The summed E-state index contributed by atoms with van der Waals surface area (Å²) in [5.41, 5.74) is 2.52. The van der Waals surface area contributed by atoms with E-state index in [1.165, 1.54) is 12.1 Å². The molecule has 0 fully saturated rings. The molecule has 1 heterocycles. The lowest BCUT2D eigenvalue weighted by Gasteiger charge is -2.19. The third kappa shape index (κ3) is 3.62. The molecule has 7 nitrogen and oxygen atoms in total. The number of para-hydroxylation sites is 2. The Balaban J connectivity index is 1.61. The zero-order valence-electron chi connectivity index (χ0n) is 15.7. The molecule has 1 N–H and O–H groups in total. The molecule has 0 saturated heterocycles. The summed E-state index contributed by atoms with van der Waals surface area (Å²) >= 11 is 6.06. The van der Waals surface area contributed by atoms with Gasteiger partial charge in [0.1, 0.15) is 0 Å². The van der Waals surface area contributed by atoms with Gasteiger partial charge >= 0.3 is 0 Å². The molecule has 0 spiro atoms. The minimum Gasteiger partial charge on any atom is -0.321 e. The Morgan fingerprint density at radius 1 is 1.00 bits per heavy atom. The number of nitrogens with zero attached hydrogens (tertiary/aromatic N) is 2. The minimum atomic E-state index is -0.588. The Bertz CT molecular complexity index is 1180. The Labute approximate surface area is 177 Å². The van der Waals surface area contributed by atoms with E-state index in [4.69, 9.17) is 11.6 Å². The van der Waals surface area contributed by atoms with Crippen LogP contribution >= 0.6 is 11.6 Å². The smallest absolute Gasteiger partial charge is 0.270 e. The van der Waals surface area contributed by atoms with Crippen LogP contribution in [-0.4, -0.2) is 23.3 Å². The molecular formula is C22H16ClN3O4. The van der Waals surface area contributed by atoms with Crippen LogP contribution in [0.25, 0.3) is 0 Å². The highest BCUT2D eigenvalue weighted by molar-refractivity contribution is 6.34. The summed E-state index contributed by atoms with van der Waals surface area (Å²) < 4.78 is 0. The van der Waals surface area contributed by atoms with Crippen molar-refractivity contribution in [3.05, 3.63) is 98.6 Å². The molecule has 0 atom stereocenters. The van der Waals surface area contributed by atoms with Gasteiger partial charge in [0.25, 0.3) is 17.5 Å². The molecule has 3 aromatic carbocycles. The molecule has 0 unspecified atom stereocenters. The van der Waals surface area contributed by atoms with E-state index in [0.29, 0.717) is 17.8 Å². The maximum atomic E-state index is 13.2. The number of nitro groups is 1. The molecule has 0 radical (unpaired) electrons. The first-order valence-electron chi connectivity index (χ1n) is 9.20. The SMILES string of the molecule is O=C(Nc1ccccc1C(=O)N1CCc2ccccc21)c1ccc([N+](=O)[O-])cc1Cl. The van der Waals surface area contributed by atoms with Crippen LogP contribution in [0.15, 0.2) is 66.7 Å². The number of benzene rings is 3. The van der Waals surface area contributed by atoms with Gasteiger partial charge in [-0.3, -0.25) is 19.7 Å². The zero-order valence-corrected chi connectivity index (χ0v) is 16.4. The Hall–Kier alpha value is -3.71. The van der Waals surface area contributed by atoms with Gasteiger partial charge in [-0.1, -0.05) is 41.9 Å². The minimum absolute atomic E-state index is 0.0426. The first kappa shape index (κ1) is 19.6. The zero-order chi connectivity index (χ0) is 21.3. The lowest BCUT2D eigenvalue weighted by Crippen LogP contribution is -2.30. The van der Waals surface area contributed by atoms with Crippen LogP contribution in [0, 0.1) is 10.1 Å². The summed E-state index contributed by atoms with van der Waals surface area (Å²) in [5, 5.41) is 13.5. The van der Waals surface area contributed by atoms with Gasteiger partial charge in [-0.2, -0.15) is 0 Å². The molecule has 8 heteroatoms. The van der Waals surface area contributed by atoms with Gasteiger partial charge in [-0.05, 0) is 36.2 Å². The van der Waals surface area contributed by atoms with Gasteiger partial charge in [0, 0.05) is 24.4 Å². The van der Waals surface area contributed by atoms with E-state index in [9.17, 15) is 19.7 Å². The first-order valence-corrected chi connectivity index (χ1v) is 9.57. The molecule has 1 aliphatic rings. The van der Waals surface area contributed by atoms with Crippen LogP contribution in [0.3, 0.4) is 0 Å². The second kappa shape index (κ2) is 7.96. The van der Waals surface area contributed by atoms with E-state index in [1.54, 1.807) is 29.2 Å². The van der Waals surface area contributed by atoms with Crippen LogP contribution in [-0.2, 0) is 6.42 Å². The van der Waals surface area contributed by atoms with Crippen molar-refractivity contribution in [2.24, 2.45) is 0 Å². The lowest BCUT2D eigenvalue weighted by molar-refractivity contribution is -0.384. The van der Waals surface area contributed by atoms with Crippen molar-refractivity contribution in [3.8, 4) is 0 Å². The standard InChI is InChI=1S/C22H16ClN3O4/c23-18-13-15(26(29)30)9-10-16(18)21(27)24-19-7-3-2-6-17(19)22(28)25-12-11-14-5-1-4-8-20(14)25/h1-10,13H,11-12H2,(H,24,27). The molecule has 4 rings (SSSR count). The third-order valence-electron chi connectivity index (χ3n) is 4.95. The molecule has 1 aliphatic heterocycles. The average Bonchev–Trinajstić information content (AvgIpc) is 3.17. The Kier molecular flexibility index (Phi) is 5.20. The van der Waals surface area contributed by atoms with Crippen LogP contribution in [0.2, 0.25) is 5.02 Å². The van der Waals surface area contributed by atoms with Crippen LogP contribution in [0.5, 0.6) is 0 Å². The highest BCUT2D eigenvalue weighted by Crippen LogP contribution is 2.31. The fourth-order valence-electron chi connectivity index (χ4n) is 3.46. The second-order valence-electron chi connectivity index (χ2n) is 6.76.